The van der Waals surface area contributed by atoms with Gasteiger partial charge < -0.3 is 9.15 Å². The van der Waals surface area contributed by atoms with Crippen LogP contribution in [0.1, 0.15) is 18.4 Å². The first kappa shape index (κ1) is 10.7. The molecule has 0 aromatic carbocycles. The van der Waals surface area contributed by atoms with Crippen molar-refractivity contribution < 1.29 is 9.15 Å². The molecule has 0 fully saturated rings. The lowest BCUT2D eigenvalue weighted by Crippen LogP contribution is -2.07. The predicted molar refractivity (Wildman–Crippen MR) is 53.9 cm³/mol. The van der Waals surface area contributed by atoms with Gasteiger partial charge in [0.15, 0.2) is 6.39 Å². The molecule has 0 aliphatic rings. The Hall–Kier alpha value is -0.350. The first-order chi connectivity index (χ1) is 6.27. The number of halogens is 1. The SMILES string of the molecule is COCC(C)Cc1ocnc1CBr. The van der Waals surface area contributed by atoms with Crippen molar-refractivity contribution in [2.75, 3.05) is 13.7 Å². The Bertz CT molecular complexity index is 250. The number of rotatable bonds is 5. The summed E-state index contributed by atoms with van der Waals surface area (Å²) in [5, 5.41) is 0.749. The second kappa shape index (κ2) is 5.40. The molecule has 0 N–H and O–H groups in total. The van der Waals surface area contributed by atoms with Crippen molar-refractivity contribution in [3.05, 3.63) is 17.8 Å². The molecule has 0 amide bonds. The smallest absolute Gasteiger partial charge is 0.181 e. The third kappa shape index (κ3) is 3.12. The van der Waals surface area contributed by atoms with E-state index in [-0.39, 0.29) is 0 Å². The highest BCUT2D eigenvalue weighted by Crippen LogP contribution is 2.15. The Morgan fingerprint density at radius 1 is 1.69 bits per heavy atom. The van der Waals surface area contributed by atoms with E-state index in [0.29, 0.717) is 5.92 Å². The number of hydrogen-bond donors (Lipinski definition) is 0. The summed E-state index contributed by atoms with van der Waals surface area (Å²) in [7, 11) is 1.71. The second-order valence-electron chi connectivity index (χ2n) is 3.12. The van der Waals surface area contributed by atoms with Crippen LogP contribution in [0.25, 0.3) is 0 Å². The van der Waals surface area contributed by atoms with Gasteiger partial charge in [0.25, 0.3) is 0 Å². The van der Waals surface area contributed by atoms with Crippen molar-refractivity contribution in [3.8, 4) is 0 Å². The summed E-state index contributed by atoms with van der Waals surface area (Å²) in [4.78, 5) is 4.09. The molecule has 74 valence electrons. The van der Waals surface area contributed by atoms with Crippen LogP contribution in [0, 0.1) is 5.92 Å². The third-order valence-corrected chi connectivity index (χ3v) is 2.37. The van der Waals surface area contributed by atoms with E-state index in [2.05, 4.69) is 27.8 Å². The van der Waals surface area contributed by atoms with E-state index in [9.17, 15) is 0 Å². The summed E-state index contributed by atoms with van der Waals surface area (Å²) in [5.74, 6) is 1.43. The van der Waals surface area contributed by atoms with Crippen molar-refractivity contribution in [1.29, 1.82) is 0 Å². The van der Waals surface area contributed by atoms with Crippen molar-refractivity contribution in [2.45, 2.75) is 18.7 Å². The summed E-state index contributed by atoms with van der Waals surface area (Å²) in [6.07, 6.45) is 2.38. The molecule has 1 heterocycles. The van der Waals surface area contributed by atoms with Gasteiger partial charge >= 0.3 is 0 Å². The molecule has 0 radical (unpaired) electrons. The average Bonchev–Trinajstić information content (AvgIpc) is 2.52. The first-order valence-corrected chi connectivity index (χ1v) is 5.36. The van der Waals surface area contributed by atoms with E-state index in [0.717, 1.165) is 29.8 Å². The van der Waals surface area contributed by atoms with Crippen LogP contribution in [0.15, 0.2) is 10.8 Å². The zero-order valence-electron chi connectivity index (χ0n) is 7.92. The molecule has 4 heteroatoms. The van der Waals surface area contributed by atoms with E-state index < -0.39 is 0 Å². The van der Waals surface area contributed by atoms with Crippen molar-refractivity contribution in [1.82, 2.24) is 4.98 Å². The standard InChI is InChI=1S/C9H14BrNO2/c1-7(5-12-2)3-9-8(4-10)11-6-13-9/h6-7H,3-5H2,1-2H3. The van der Waals surface area contributed by atoms with E-state index >= 15 is 0 Å². The van der Waals surface area contributed by atoms with Crippen molar-refractivity contribution in [3.63, 3.8) is 0 Å². The molecule has 0 spiro atoms. The molecule has 1 aromatic heterocycles. The molecule has 13 heavy (non-hydrogen) atoms. The Kier molecular flexibility index (Phi) is 4.45. The molecular formula is C9H14BrNO2. The molecule has 0 aliphatic heterocycles. The number of ether oxygens (including phenoxy) is 1. The molecule has 3 nitrogen and oxygen atoms in total. The van der Waals surface area contributed by atoms with Crippen molar-refractivity contribution in [2.24, 2.45) is 5.92 Å². The van der Waals surface area contributed by atoms with Gasteiger partial charge in [0, 0.05) is 25.5 Å². The number of oxazole rings is 1. The molecule has 0 aliphatic carbocycles. The molecule has 1 unspecified atom stereocenters. The van der Waals surface area contributed by atoms with E-state index in [4.69, 9.17) is 9.15 Å². The number of methoxy groups -OCH3 is 1. The topological polar surface area (TPSA) is 35.3 Å². The maximum atomic E-state index is 5.28. The fourth-order valence-corrected chi connectivity index (χ4v) is 1.69. The quantitative estimate of drug-likeness (QED) is 0.750. The number of hydrogen-bond acceptors (Lipinski definition) is 3. The van der Waals surface area contributed by atoms with Gasteiger partial charge in [-0.15, -0.1) is 0 Å². The monoisotopic (exact) mass is 247 g/mol. The summed E-state index contributed by atoms with van der Waals surface area (Å²) < 4.78 is 10.3. The number of nitrogens with zero attached hydrogens (tertiary/aromatic N) is 1. The van der Waals surface area contributed by atoms with Gasteiger partial charge in [-0.05, 0) is 5.92 Å². The minimum absolute atomic E-state index is 0.468. The minimum atomic E-state index is 0.468. The van der Waals surface area contributed by atoms with Gasteiger partial charge in [0.05, 0.1) is 5.69 Å². The van der Waals surface area contributed by atoms with Crippen LogP contribution in [0.2, 0.25) is 0 Å². The van der Waals surface area contributed by atoms with Crippen molar-refractivity contribution >= 4 is 15.9 Å². The Morgan fingerprint density at radius 3 is 3.08 bits per heavy atom. The van der Waals surface area contributed by atoms with Gasteiger partial charge in [-0.25, -0.2) is 4.98 Å². The largest absolute Gasteiger partial charge is 0.448 e. The van der Waals surface area contributed by atoms with Gasteiger partial charge in [-0.1, -0.05) is 22.9 Å². The fourth-order valence-electron chi connectivity index (χ4n) is 1.23. The van der Waals surface area contributed by atoms with Crippen LogP contribution < -0.4 is 0 Å². The highest BCUT2D eigenvalue weighted by molar-refractivity contribution is 9.08. The van der Waals surface area contributed by atoms with Crippen LogP contribution >= 0.6 is 15.9 Å². The summed E-state index contributed by atoms with van der Waals surface area (Å²) >= 11 is 3.36. The number of alkyl halides is 1. The van der Waals surface area contributed by atoms with Crippen LogP contribution in [0.3, 0.4) is 0 Å². The first-order valence-electron chi connectivity index (χ1n) is 4.24. The fraction of sp³-hybridized carbons (Fsp3) is 0.667. The zero-order valence-corrected chi connectivity index (χ0v) is 9.50. The van der Waals surface area contributed by atoms with Gasteiger partial charge in [0.1, 0.15) is 5.76 Å². The van der Waals surface area contributed by atoms with Gasteiger partial charge in [-0.2, -0.15) is 0 Å². The summed E-state index contributed by atoms with van der Waals surface area (Å²) in [5.41, 5.74) is 0.989. The minimum Gasteiger partial charge on any atom is -0.448 e. The second-order valence-corrected chi connectivity index (χ2v) is 3.68. The average molecular weight is 248 g/mol. The molecule has 0 saturated heterocycles. The highest BCUT2D eigenvalue weighted by Gasteiger charge is 2.11. The van der Waals surface area contributed by atoms with Gasteiger partial charge in [0.2, 0.25) is 0 Å². The molecule has 1 atom stereocenters. The lowest BCUT2D eigenvalue weighted by Gasteiger charge is -2.07. The van der Waals surface area contributed by atoms with E-state index in [1.54, 1.807) is 7.11 Å². The zero-order chi connectivity index (χ0) is 9.68. The molecule has 1 rings (SSSR count). The highest BCUT2D eigenvalue weighted by atomic mass is 79.9. The molecule has 1 aromatic rings. The Labute approximate surface area is 86.6 Å². The van der Waals surface area contributed by atoms with E-state index in [1.165, 1.54) is 6.39 Å². The third-order valence-electron chi connectivity index (χ3n) is 1.84. The Morgan fingerprint density at radius 2 is 2.46 bits per heavy atom. The molecule has 0 bridgehead atoms. The summed E-state index contributed by atoms with van der Waals surface area (Å²) in [6.45, 7) is 2.88. The van der Waals surface area contributed by atoms with Crippen LogP contribution in [0.5, 0.6) is 0 Å². The maximum Gasteiger partial charge on any atom is 0.181 e. The summed E-state index contributed by atoms with van der Waals surface area (Å²) in [6, 6.07) is 0. The molecular weight excluding hydrogens is 234 g/mol. The van der Waals surface area contributed by atoms with Crippen LogP contribution in [-0.2, 0) is 16.5 Å². The van der Waals surface area contributed by atoms with Crippen LogP contribution in [-0.4, -0.2) is 18.7 Å². The molecule has 0 saturated carbocycles. The lowest BCUT2D eigenvalue weighted by atomic mass is 10.1. The Balaban J connectivity index is 2.52. The number of aromatic nitrogens is 1. The van der Waals surface area contributed by atoms with Gasteiger partial charge in [-0.3, -0.25) is 0 Å². The predicted octanol–water partition coefficient (Wildman–Crippen LogP) is 2.39. The van der Waals surface area contributed by atoms with E-state index in [1.807, 2.05) is 0 Å². The normalized spacial score (nSPS) is 13.2. The maximum absolute atomic E-state index is 5.28. The van der Waals surface area contributed by atoms with Crippen LogP contribution in [0.4, 0.5) is 0 Å². The lowest BCUT2D eigenvalue weighted by molar-refractivity contribution is 0.157.